The maximum absolute atomic E-state index is 11.9. The van der Waals surface area contributed by atoms with Gasteiger partial charge in [0.1, 0.15) is 0 Å². The van der Waals surface area contributed by atoms with Crippen molar-refractivity contribution in [1.29, 1.82) is 0 Å². The molecular weight excluding hydrogens is 228 g/mol. The molecule has 18 heavy (non-hydrogen) atoms. The van der Waals surface area contributed by atoms with Crippen LogP contribution in [0.1, 0.15) is 19.4 Å². The monoisotopic (exact) mass is 250 g/mol. The molecule has 0 saturated heterocycles. The maximum Gasteiger partial charge on any atom is 0.224 e. The summed E-state index contributed by atoms with van der Waals surface area (Å²) in [5, 5.41) is 2.99. The lowest BCUT2D eigenvalue weighted by molar-refractivity contribution is -0.121. The van der Waals surface area contributed by atoms with E-state index < -0.39 is 0 Å². The van der Waals surface area contributed by atoms with E-state index in [2.05, 4.69) is 19.2 Å². The second kappa shape index (κ2) is 7.01. The summed E-state index contributed by atoms with van der Waals surface area (Å²) in [6.45, 7) is 4.66. The van der Waals surface area contributed by atoms with E-state index in [1.165, 1.54) is 0 Å². The molecule has 1 amide bonds. The van der Waals surface area contributed by atoms with Crippen LogP contribution in [0, 0.1) is 5.92 Å². The van der Waals surface area contributed by atoms with Crippen LogP contribution in [0.4, 0.5) is 5.69 Å². The maximum atomic E-state index is 11.9. The van der Waals surface area contributed by atoms with Gasteiger partial charge in [0.2, 0.25) is 5.91 Å². The van der Waals surface area contributed by atoms with Crippen LogP contribution in [0.25, 0.3) is 0 Å². The molecule has 0 fully saturated rings. The highest BCUT2D eigenvalue weighted by molar-refractivity contribution is 5.79. The molecule has 0 saturated carbocycles. The zero-order valence-corrected chi connectivity index (χ0v) is 11.3. The molecule has 0 spiro atoms. The van der Waals surface area contributed by atoms with Crippen molar-refractivity contribution in [3.05, 3.63) is 29.8 Å². The first-order valence-electron chi connectivity index (χ1n) is 6.15. The van der Waals surface area contributed by atoms with Crippen molar-refractivity contribution in [3.63, 3.8) is 0 Å². The first-order valence-corrected chi connectivity index (χ1v) is 6.15. The van der Waals surface area contributed by atoms with Gasteiger partial charge in [-0.25, -0.2) is 0 Å². The highest BCUT2D eigenvalue weighted by Gasteiger charge is 2.15. The third-order valence-electron chi connectivity index (χ3n) is 2.84. The summed E-state index contributed by atoms with van der Waals surface area (Å²) < 4.78 is 5.10. The molecule has 4 nitrogen and oxygen atoms in total. The van der Waals surface area contributed by atoms with E-state index in [1.54, 1.807) is 19.2 Å². The molecule has 1 aromatic rings. The molecule has 100 valence electrons. The molecule has 3 N–H and O–H groups in total. The smallest absolute Gasteiger partial charge is 0.224 e. The number of anilines is 1. The van der Waals surface area contributed by atoms with E-state index in [4.69, 9.17) is 10.5 Å². The number of carbonyl (C=O) groups is 1. The quantitative estimate of drug-likeness (QED) is 0.754. The average Bonchev–Trinajstić information content (AvgIpc) is 2.31. The van der Waals surface area contributed by atoms with E-state index in [9.17, 15) is 4.79 Å². The number of amides is 1. The van der Waals surface area contributed by atoms with Crippen LogP contribution in [0.15, 0.2) is 24.3 Å². The number of benzene rings is 1. The molecular formula is C14H22N2O2. The second-order valence-corrected chi connectivity index (χ2v) is 4.79. The van der Waals surface area contributed by atoms with Crippen molar-refractivity contribution < 1.29 is 9.53 Å². The van der Waals surface area contributed by atoms with Crippen LogP contribution < -0.4 is 11.1 Å². The molecule has 1 atom stereocenters. The summed E-state index contributed by atoms with van der Waals surface area (Å²) in [7, 11) is 1.64. The van der Waals surface area contributed by atoms with Gasteiger partial charge in [-0.3, -0.25) is 4.79 Å². The Morgan fingerprint density at radius 1 is 1.33 bits per heavy atom. The van der Waals surface area contributed by atoms with Crippen molar-refractivity contribution in [1.82, 2.24) is 5.32 Å². The van der Waals surface area contributed by atoms with Gasteiger partial charge in [0.15, 0.2) is 0 Å². The van der Waals surface area contributed by atoms with Gasteiger partial charge < -0.3 is 15.8 Å². The van der Waals surface area contributed by atoms with Gasteiger partial charge in [-0.15, -0.1) is 0 Å². The Balaban J connectivity index is 2.52. The molecule has 1 aromatic carbocycles. The molecule has 0 aliphatic rings. The van der Waals surface area contributed by atoms with Crippen LogP contribution in [0.3, 0.4) is 0 Å². The Hall–Kier alpha value is -1.55. The Labute approximate surface area is 109 Å². The predicted octanol–water partition coefficient (Wildman–Crippen LogP) is 1.60. The highest BCUT2D eigenvalue weighted by Crippen LogP contribution is 2.07. The number of methoxy groups -OCH3 is 1. The Morgan fingerprint density at radius 3 is 2.44 bits per heavy atom. The molecule has 0 aliphatic carbocycles. The lowest BCUT2D eigenvalue weighted by atomic mass is 10.0. The van der Waals surface area contributed by atoms with Crippen molar-refractivity contribution in [2.24, 2.45) is 5.92 Å². The average molecular weight is 250 g/mol. The summed E-state index contributed by atoms with van der Waals surface area (Å²) in [4.78, 5) is 11.9. The molecule has 1 unspecified atom stereocenters. The zero-order chi connectivity index (χ0) is 13.5. The van der Waals surface area contributed by atoms with Crippen molar-refractivity contribution in [2.75, 3.05) is 19.5 Å². The Morgan fingerprint density at radius 2 is 1.94 bits per heavy atom. The molecule has 1 rings (SSSR count). The first kappa shape index (κ1) is 14.5. The number of rotatable bonds is 6. The van der Waals surface area contributed by atoms with Gasteiger partial charge in [0.05, 0.1) is 19.1 Å². The lowest BCUT2D eigenvalue weighted by Crippen LogP contribution is -2.42. The molecule has 0 aliphatic heterocycles. The number of hydrogen-bond donors (Lipinski definition) is 2. The molecule has 0 aromatic heterocycles. The van der Waals surface area contributed by atoms with Crippen LogP contribution >= 0.6 is 0 Å². The van der Waals surface area contributed by atoms with Gasteiger partial charge in [-0.2, -0.15) is 0 Å². The normalized spacial score (nSPS) is 12.4. The van der Waals surface area contributed by atoms with E-state index >= 15 is 0 Å². The standard InChI is InChI=1S/C14H22N2O2/c1-10(2)13(9-18-3)16-14(17)8-11-4-6-12(15)7-5-11/h4-7,10,13H,8-9,15H2,1-3H3,(H,16,17). The number of hydrogen-bond acceptors (Lipinski definition) is 3. The van der Waals surface area contributed by atoms with E-state index in [0.717, 1.165) is 5.56 Å². The van der Waals surface area contributed by atoms with Crippen LogP contribution in [-0.4, -0.2) is 25.7 Å². The van der Waals surface area contributed by atoms with Crippen LogP contribution in [0.5, 0.6) is 0 Å². The van der Waals surface area contributed by atoms with E-state index in [0.29, 0.717) is 24.6 Å². The topological polar surface area (TPSA) is 64.3 Å². The lowest BCUT2D eigenvalue weighted by Gasteiger charge is -2.21. The SMILES string of the molecule is COCC(NC(=O)Cc1ccc(N)cc1)C(C)C. The van der Waals surface area contributed by atoms with E-state index in [1.807, 2.05) is 12.1 Å². The number of nitrogen functional groups attached to an aromatic ring is 1. The fourth-order valence-corrected chi connectivity index (χ4v) is 1.66. The summed E-state index contributed by atoms with van der Waals surface area (Å²) >= 11 is 0. The minimum absolute atomic E-state index is 0.00974. The fraction of sp³-hybridized carbons (Fsp3) is 0.500. The van der Waals surface area contributed by atoms with Crippen LogP contribution in [0.2, 0.25) is 0 Å². The largest absolute Gasteiger partial charge is 0.399 e. The van der Waals surface area contributed by atoms with Gasteiger partial charge in [-0.05, 0) is 23.6 Å². The number of nitrogens with two attached hydrogens (primary N) is 1. The number of nitrogens with one attached hydrogen (secondary N) is 1. The van der Waals surface area contributed by atoms with Crippen LogP contribution in [-0.2, 0) is 16.0 Å². The minimum Gasteiger partial charge on any atom is -0.399 e. The number of carbonyl (C=O) groups excluding carboxylic acids is 1. The van der Waals surface area contributed by atoms with Crippen molar-refractivity contribution in [3.8, 4) is 0 Å². The van der Waals surface area contributed by atoms with Gasteiger partial charge in [0.25, 0.3) is 0 Å². The van der Waals surface area contributed by atoms with Gasteiger partial charge >= 0.3 is 0 Å². The fourth-order valence-electron chi connectivity index (χ4n) is 1.66. The second-order valence-electron chi connectivity index (χ2n) is 4.79. The third-order valence-corrected chi connectivity index (χ3v) is 2.84. The zero-order valence-electron chi connectivity index (χ0n) is 11.3. The predicted molar refractivity (Wildman–Crippen MR) is 73.2 cm³/mol. The molecule has 0 heterocycles. The van der Waals surface area contributed by atoms with E-state index in [-0.39, 0.29) is 11.9 Å². The van der Waals surface area contributed by atoms with Gasteiger partial charge in [-0.1, -0.05) is 26.0 Å². The van der Waals surface area contributed by atoms with Crippen molar-refractivity contribution >= 4 is 11.6 Å². The molecule has 0 radical (unpaired) electrons. The summed E-state index contributed by atoms with van der Waals surface area (Å²) in [6, 6.07) is 7.40. The minimum atomic E-state index is 0.00974. The highest BCUT2D eigenvalue weighted by atomic mass is 16.5. The third kappa shape index (κ3) is 4.75. The number of ether oxygens (including phenoxy) is 1. The Bertz CT molecular complexity index is 374. The summed E-state index contributed by atoms with van der Waals surface area (Å²) in [5.41, 5.74) is 7.27. The molecule has 0 bridgehead atoms. The van der Waals surface area contributed by atoms with Crippen molar-refractivity contribution in [2.45, 2.75) is 26.3 Å². The first-order chi connectivity index (χ1) is 8.52. The summed E-state index contributed by atoms with van der Waals surface area (Å²) in [5.74, 6) is 0.357. The summed E-state index contributed by atoms with van der Waals surface area (Å²) in [6.07, 6.45) is 0.368. The Kier molecular flexibility index (Phi) is 5.65. The molecule has 4 heteroatoms. The van der Waals surface area contributed by atoms with Gasteiger partial charge in [0, 0.05) is 12.8 Å².